The molecule has 0 aliphatic carbocycles. The zero-order valence-corrected chi connectivity index (χ0v) is 13.1. The van der Waals surface area contributed by atoms with E-state index in [1.165, 1.54) is 6.07 Å². The molecule has 0 aromatic heterocycles. The number of hydrogen-bond donors (Lipinski definition) is 1. The topological polar surface area (TPSA) is 26.0 Å². The van der Waals surface area contributed by atoms with Crippen molar-refractivity contribution >= 4 is 23.5 Å². The highest BCUT2D eigenvalue weighted by molar-refractivity contribution is 8.07. The summed E-state index contributed by atoms with van der Waals surface area (Å²) >= 11 is 3.56. The van der Waals surface area contributed by atoms with Crippen molar-refractivity contribution in [2.24, 2.45) is 5.73 Å². The van der Waals surface area contributed by atoms with Crippen LogP contribution in [0.1, 0.15) is 30.5 Å². The maximum absolute atomic E-state index is 13.7. The third-order valence-corrected chi connectivity index (χ3v) is 6.90. The summed E-state index contributed by atoms with van der Waals surface area (Å²) < 4.78 is 51.4. The number of hydrogen-bond acceptors (Lipinski definition) is 3. The molecule has 1 nitrogen and oxygen atoms in total. The number of nitrogens with two attached hydrogens (primary N) is 1. The van der Waals surface area contributed by atoms with Gasteiger partial charge >= 0.3 is 6.18 Å². The minimum Gasteiger partial charge on any atom is -0.323 e. The summed E-state index contributed by atoms with van der Waals surface area (Å²) in [4.78, 5) is 0. The van der Waals surface area contributed by atoms with Gasteiger partial charge in [-0.2, -0.15) is 36.7 Å². The first-order valence-electron chi connectivity index (χ1n) is 6.70. The number of benzene rings is 1. The average Bonchev–Trinajstić information content (AvgIpc) is 2.45. The third kappa shape index (κ3) is 3.87. The molecule has 1 aliphatic rings. The number of rotatable bonds is 3. The highest BCUT2D eigenvalue weighted by atomic mass is 32.2. The predicted octanol–water partition coefficient (Wildman–Crippen LogP) is 4.47. The van der Waals surface area contributed by atoms with Gasteiger partial charge in [-0.3, -0.25) is 0 Å². The molecule has 1 aromatic carbocycles. The molecular weight excluding hydrogens is 322 g/mol. The van der Waals surface area contributed by atoms with Crippen LogP contribution >= 0.6 is 23.5 Å². The summed E-state index contributed by atoms with van der Waals surface area (Å²) in [6, 6.07) is 2.56. The van der Waals surface area contributed by atoms with Gasteiger partial charge in [-0.15, -0.1) is 0 Å². The minimum atomic E-state index is -4.67. The van der Waals surface area contributed by atoms with Gasteiger partial charge in [0.2, 0.25) is 0 Å². The van der Waals surface area contributed by atoms with Gasteiger partial charge in [-0.25, -0.2) is 4.39 Å². The van der Waals surface area contributed by atoms with E-state index in [4.69, 9.17) is 5.73 Å². The number of halogens is 4. The third-order valence-electron chi connectivity index (χ3n) is 3.53. The second kappa shape index (κ2) is 6.79. The SMILES string of the molecule is CCC1SCCSC1C(N)c1ccc(C(F)(F)F)c(F)c1. The predicted molar refractivity (Wildman–Crippen MR) is 81.1 cm³/mol. The van der Waals surface area contributed by atoms with E-state index in [1.807, 2.05) is 11.8 Å². The molecule has 3 unspecified atom stereocenters. The van der Waals surface area contributed by atoms with Crippen LogP contribution in [0.15, 0.2) is 18.2 Å². The zero-order chi connectivity index (χ0) is 15.6. The van der Waals surface area contributed by atoms with E-state index in [0.29, 0.717) is 10.8 Å². The molecule has 7 heteroatoms. The standard InChI is InChI=1S/C14H17F4NS2/c1-2-11-13(21-6-5-20-11)12(19)8-3-4-9(10(15)7-8)14(16,17)18/h3-4,7,11-13H,2,5-6,19H2,1H3. The lowest BCUT2D eigenvalue weighted by Crippen LogP contribution is -2.35. The lowest BCUT2D eigenvalue weighted by Gasteiger charge is -2.34. The highest BCUT2D eigenvalue weighted by Gasteiger charge is 2.35. The Labute approximate surface area is 130 Å². The van der Waals surface area contributed by atoms with E-state index >= 15 is 0 Å². The lowest BCUT2D eigenvalue weighted by atomic mass is 9.99. The van der Waals surface area contributed by atoms with Crippen LogP contribution in [0.25, 0.3) is 0 Å². The first-order valence-corrected chi connectivity index (χ1v) is 8.79. The van der Waals surface area contributed by atoms with Crippen molar-refractivity contribution in [3.8, 4) is 0 Å². The van der Waals surface area contributed by atoms with Gasteiger partial charge in [0, 0.05) is 28.0 Å². The maximum atomic E-state index is 13.7. The van der Waals surface area contributed by atoms with Crippen molar-refractivity contribution in [1.29, 1.82) is 0 Å². The summed E-state index contributed by atoms with van der Waals surface area (Å²) in [5, 5.41) is 0.453. The van der Waals surface area contributed by atoms with E-state index < -0.39 is 23.6 Å². The van der Waals surface area contributed by atoms with Crippen LogP contribution in [0, 0.1) is 5.82 Å². The fourth-order valence-electron chi connectivity index (χ4n) is 2.43. The zero-order valence-electron chi connectivity index (χ0n) is 11.5. The monoisotopic (exact) mass is 339 g/mol. The fraction of sp³-hybridized carbons (Fsp3) is 0.571. The number of alkyl halides is 3. The molecule has 1 heterocycles. The summed E-state index contributed by atoms with van der Waals surface area (Å²) in [6.07, 6.45) is -3.73. The molecule has 2 N–H and O–H groups in total. The molecule has 118 valence electrons. The van der Waals surface area contributed by atoms with Crippen molar-refractivity contribution in [2.45, 2.75) is 36.1 Å². The molecule has 0 spiro atoms. The molecule has 1 saturated heterocycles. The summed E-state index contributed by atoms with van der Waals surface area (Å²) in [5.74, 6) is 0.758. The van der Waals surface area contributed by atoms with Gasteiger partial charge in [-0.05, 0) is 24.1 Å². The molecule has 21 heavy (non-hydrogen) atoms. The molecule has 1 aromatic rings. The van der Waals surface area contributed by atoms with E-state index in [-0.39, 0.29) is 5.25 Å². The van der Waals surface area contributed by atoms with Crippen molar-refractivity contribution in [1.82, 2.24) is 0 Å². The summed E-state index contributed by atoms with van der Waals surface area (Å²) in [6.45, 7) is 2.07. The summed E-state index contributed by atoms with van der Waals surface area (Å²) in [7, 11) is 0. The number of thioether (sulfide) groups is 2. The molecule has 0 radical (unpaired) electrons. The largest absolute Gasteiger partial charge is 0.419 e. The smallest absolute Gasteiger partial charge is 0.323 e. The fourth-order valence-corrected chi connectivity index (χ4v) is 5.61. The Hall–Kier alpha value is -0.400. The van der Waals surface area contributed by atoms with Gasteiger partial charge < -0.3 is 5.73 Å². The molecule has 0 saturated carbocycles. The molecule has 3 atom stereocenters. The molecular formula is C14H17F4NS2. The Kier molecular flexibility index (Phi) is 5.48. The Balaban J connectivity index is 2.23. The second-order valence-electron chi connectivity index (χ2n) is 4.92. The normalized spacial score (nSPS) is 24.9. The van der Waals surface area contributed by atoms with E-state index in [0.717, 1.165) is 30.1 Å². The molecule has 1 aliphatic heterocycles. The molecule has 2 rings (SSSR count). The van der Waals surface area contributed by atoms with Crippen LogP contribution in [0.5, 0.6) is 0 Å². The van der Waals surface area contributed by atoms with Crippen LogP contribution in [-0.2, 0) is 6.18 Å². The summed E-state index contributed by atoms with van der Waals surface area (Å²) in [5.41, 5.74) is 5.37. The minimum absolute atomic E-state index is 0.102. The second-order valence-corrected chi connectivity index (χ2v) is 7.55. The Morgan fingerprint density at radius 3 is 2.52 bits per heavy atom. The maximum Gasteiger partial charge on any atom is 0.419 e. The van der Waals surface area contributed by atoms with Gasteiger partial charge in [0.05, 0.1) is 5.56 Å². The first-order chi connectivity index (χ1) is 9.84. The van der Waals surface area contributed by atoms with Gasteiger partial charge in [0.1, 0.15) is 5.82 Å². The van der Waals surface area contributed by atoms with Gasteiger partial charge in [0.15, 0.2) is 0 Å². The van der Waals surface area contributed by atoms with Crippen LogP contribution < -0.4 is 5.73 Å². The van der Waals surface area contributed by atoms with Crippen LogP contribution in [0.4, 0.5) is 17.6 Å². The van der Waals surface area contributed by atoms with Crippen molar-refractivity contribution in [3.63, 3.8) is 0 Å². The van der Waals surface area contributed by atoms with Crippen LogP contribution in [0.3, 0.4) is 0 Å². The van der Waals surface area contributed by atoms with Crippen LogP contribution in [-0.4, -0.2) is 22.0 Å². The first kappa shape index (κ1) is 17.0. The average molecular weight is 339 g/mol. The van der Waals surface area contributed by atoms with Gasteiger partial charge in [0.25, 0.3) is 0 Å². The molecule has 0 amide bonds. The lowest BCUT2D eigenvalue weighted by molar-refractivity contribution is -0.140. The van der Waals surface area contributed by atoms with Gasteiger partial charge in [-0.1, -0.05) is 13.0 Å². The molecule has 1 fully saturated rings. The Morgan fingerprint density at radius 2 is 1.95 bits per heavy atom. The van der Waals surface area contributed by atoms with Crippen molar-refractivity contribution in [3.05, 3.63) is 35.1 Å². The van der Waals surface area contributed by atoms with E-state index in [9.17, 15) is 17.6 Å². The Bertz CT molecular complexity index is 492. The molecule has 0 bridgehead atoms. The van der Waals surface area contributed by atoms with E-state index in [2.05, 4.69) is 6.92 Å². The highest BCUT2D eigenvalue weighted by Crippen LogP contribution is 2.40. The van der Waals surface area contributed by atoms with Crippen molar-refractivity contribution < 1.29 is 17.6 Å². The quantitative estimate of drug-likeness (QED) is 0.823. The van der Waals surface area contributed by atoms with Crippen LogP contribution in [0.2, 0.25) is 0 Å². The van der Waals surface area contributed by atoms with Crippen molar-refractivity contribution in [2.75, 3.05) is 11.5 Å². The van der Waals surface area contributed by atoms with E-state index in [1.54, 1.807) is 11.8 Å². The Morgan fingerprint density at radius 1 is 1.29 bits per heavy atom.